The lowest BCUT2D eigenvalue weighted by Gasteiger charge is -2.11. The van der Waals surface area contributed by atoms with E-state index in [-0.39, 0.29) is 11.7 Å². The van der Waals surface area contributed by atoms with E-state index in [9.17, 15) is 4.79 Å². The maximum absolute atomic E-state index is 12.5. The SMILES string of the molecule is COc1ccc(Br)cc1C=NNC(=O)CSc1nnc(-c2ccc(C)cc2)n1-c1ccc(C)cc1. The molecule has 7 nitrogen and oxygen atoms in total. The molecule has 9 heteroatoms. The van der Waals surface area contributed by atoms with E-state index in [1.165, 1.54) is 17.3 Å². The Balaban J connectivity index is 1.51. The van der Waals surface area contributed by atoms with Gasteiger partial charge in [-0.05, 0) is 44.2 Å². The quantitative estimate of drug-likeness (QED) is 0.176. The Morgan fingerprint density at radius 2 is 1.74 bits per heavy atom. The van der Waals surface area contributed by atoms with Crippen molar-refractivity contribution in [2.45, 2.75) is 19.0 Å². The van der Waals surface area contributed by atoms with Crippen molar-refractivity contribution in [1.29, 1.82) is 0 Å². The molecule has 178 valence electrons. The average molecular weight is 550 g/mol. The van der Waals surface area contributed by atoms with Gasteiger partial charge in [0.15, 0.2) is 11.0 Å². The number of amides is 1. The Morgan fingerprint density at radius 3 is 2.43 bits per heavy atom. The predicted molar refractivity (Wildman–Crippen MR) is 143 cm³/mol. The van der Waals surface area contributed by atoms with Gasteiger partial charge in [-0.15, -0.1) is 10.2 Å². The van der Waals surface area contributed by atoms with E-state index in [2.05, 4.69) is 36.7 Å². The number of carbonyl (C=O) groups excluding carboxylic acids is 1. The van der Waals surface area contributed by atoms with Crippen molar-refractivity contribution in [3.63, 3.8) is 0 Å². The standard InChI is InChI=1S/C26H24BrN5O2S/c1-17-4-8-19(9-5-17)25-30-31-26(32(25)22-11-6-18(2)7-12-22)35-16-24(33)29-28-15-20-14-21(27)10-13-23(20)34-3/h4-15H,16H2,1-3H3,(H,29,33). The minimum atomic E-state index is -0.254. The van der Waals surface area contributed by atoms with Crippen molar-refractivity contribution < 1.29 is 9.53 Å². The smallest absolute Gasteiger partial charge is 0.250 e. The van der Waals surface area contributed by atoms with Crippen LogP contribution in [0.1, 0.15) is 16.7 Å². The van der Waals surface area contributed by atoms with Crippen LogP contribution >= 0.6 is 27.7 Å². The van der Waals surface area contributed by atoms with Crippen LogP contribution in [0.15, 0.2) is 81.5 Å². The normalized spacial score (nSPS) is 11.1. The molecule has 0 aliphatic carbocycles. The molecule has 0 radical (unpaired) electrons. The number of hydrazone groups is 1. The Morgan fingerprint density at radius 1 is 1.06 bits per heavy atom. The molecule has 0 bridgehead atoms. The van der Waals surface area contributed by atoms with Gasteiger partial charge in [0.2, 0.25) is 0 Å². The molecule has 3 aromatic carbocycles. The molecule has 0 fully saturated rings. The summed E-state index contributed by atoms with van der Waals surface area (Å²) in [7, 11) is 1.59. The second kappa shape index (κ2) is 11.3. The van der Waals surface area contributed by atoms with Gasteiger partial charge in [-0.25, -0.2) is 5.43 Å². The molecule has 1 N–H and O–H groups in total. The predicted octanol–water partition coefficient (Wildman–Crippen LogP) is 5.56. The number of hydrogen-bond acceptors (Lipinski definition) is 6. The Labute approximate surface area is 216 Å². The number of hydrogen-bond donors (Lipinski definition) is 1. The number of methoxy groups -OCH3 is 1. The summed E-state index contributed by atoms with van der Waals surface area (Å²) in [6, 6.07) is 21.8. The first-order chi connectivity index (χ1) is 16.9. The van der Waals surface area contributed by atoms with Crippen LogP contribution in [0.2, 0.25) is 0 Å². The van der Waals surface area contributed by atoms with E-state index >= 15 is 0 Å². The van der Waals surface area contributed by atoms with E-state index in [0.717, 1.165) is 32.7 Å². The average Bonchev–Trinajstić information content (AvgIpc) is 3.28. The lowest BCUT2D eigenvalue weighted by molar-refractivity contribution is -0.118. The van der Waals surface area contributed by atoms with Crippen LogP contribution in [0.4, 0.5) is 0 Å². The third-order valence-electron chi connectivity index (χ3n) is 5.15. The van der Waals surface area contributed by atoms with Gasteiger partial charge in [-0.2, -0.15) is 5.10 Å². The molecule has 0 unspecified atom stereocenters. The zero-order valence-corrected chi connectivity index (χ0v) is 21.9. The third kappa shape index (κ3) is 6.17. The van der Waals surface area contributed by atoms with Gasteiger partial charge in [0, 0.05) is 21.3 Å². The molecule has 4 rings (SSSR count). The minimum Gasteiger partial charge on any atom is -0.496 e. The lowest BCUT2D eigenvalue weighted by atomic mass is 10.1. The second-order valence-corrected chi connectivity index (χ2v) is 9.67. The van der Waals surface area contributed by atoms with Gasteiger partial charge in [0.05, 0.1) is 19.1 Å². The summed E-state index contributed by atoms with van der Waals surface area (Å²) >= 11 is 4.73. The number of ether oxygens (including phenoxy) is 1. The summed E-state index contributed by atoms with van der Waals surface area (Å²) in [6.07, 6.45) is 1.55. The fraction of sp³-hybridized carbons (Fsp3) is 0.154. The van der Waals surface area contributed by atoms with Crippen LogP contribution in [-0.2, 0) is 4.79 Å². The number of halogens is 1. The van der Waals surface area contributed by atoms with Gasteiger partial charge in [0.1, 0.15) is 5.75 Å². The summed E-state index contributed by atoms with van der Waals surface area (Å²) in [6.45, 7) is 4.09. The van der Waals surface area contributed by atoms with Gasteiger partial charge in [-0.3, -0.25) is 9.36 Å². The first-order valence-corrected chi connectivity index (χ1v) is 12.6. The molecule has 1 aromatic heterocycles. The monoisotopic (exact) mass is 549 g/mol. The topological polar surface area (TPSA) is 81.4 Å². The molecule has 35 heavy (non-hydrogen) atoms. The highest BCUT2D eigenvalue weighted by Gasteiger charge is 2.17. The summed E-state index contributed by atoms with van der Waals surface area (Å²) in [5, 5.41) is 13.5. The highest BCUT2D eigenvalue weighted by atomic mass is 79.9. The minimum absolute atomic E-state index is 0.130. The van der Waals surface area contributed by atoms with E-state index in [4.69, 9.17) is 4.74 Å². The van der Waals surface area contributed by atoms with Crippen molar-refractivity contribution in [2.24, 2.45) is 5.10 Å². The summed E-state index contributed by atoms with van der Waals surface area (Å²) in [4.78, 5) is 12.5. The first kappa shape index (κ1) is 24.7. The molecular weight excluding hydrogens is 526 g/mol. The largest absolute Gasteiger partial charge is 0.496 e. The number of nitrogens with zero attached hydrogens (tertiary/aromatic N) is 4. The molecule has 0 saturated carbocycles. The Kier molecular flexibility index (Phi) is 7.99. The summed E-state index contributed by atoms with van der Waals surface area (Å²) in [5.74, 6) is 1.26. The van der Waals surface area contributed by atoms with E-state index in [1.54, 1.807) is 13.3 Å². The van der Waals surface area contributed by atoms with Crippen molar-refractivity contribution in [3.05, 3.63) is 87.9 Å². The van der Waals surface area contributed by atoms with E-state index in [0.29, 0.717) is 10.9 Å². The molecule has 0 saturated heterocycles. The van der Waals surface area contributed by atoms with Crippen LogP contribution in [0, 0.1) is 13.8 Å². The number of thioether (sulfide) groups is 1. The number of rotatable bonds is 8. The number of nitrogens with one attached hydrogen (secondary N) is 1. The first-order valence-electron chi connectivity index (χ1n) is 10.8. The van der Waals surface area contributed by atoms with Gasteiger partial charge in [-0.1, -0.05) is 75.2 Å². The second-order valence-electron chi connectivity index (χ2n) is 7.81. The van der Waals surface area contributed by atoms with Crippen LogP contribution in [0.5, 0.6) is 5.75 Å². The Hall–Kier alpha value is -3.43. The molecule has 1 heterocycles. The van der Waals surface area contributed by atoms with Gasteiger partial charge < -0.3 is 4.74 Å². The maximum Gasteiger partial charge on any atom is 0.250 e. The van der Waals surface area contributed by atoms with Crippen molar-refractivity contribution in [3.8, 4) is 22.8 Å². The van der Waals surface area contributed by atoms with Crippen LogP contribution in [-0.4, -0.2) is 39.7 Å². The van der Waals surface area contributed by atoms with Gasteiger partial charge in [0.25, 0.3) is 5.91 Å². The molecule has 0 spiro atoms. The molecule has 0 aliphatic rings. The highest BCUT2D eigenvalue weighted by Crippen LogP contribution is 2.28. The molecule has 1 amide bonds. The number of aromatic nitrogens is 3. The van der Waals surface area contributed by atoms with E-state index < -0.39 is 0 Å². The fourth-order valence-corrected chi connectivity index (χ4v) is 4.44. The maximum atomic E-state index is 12.5. The lowest BCUT2D eigenvalue weighted by Crippen LogP contribution is -2.20. The van der Waals surface area contributed by atoms with Crippen LogP contribution in [0.25, 0.3) is 17.1 Å². The van der Waals surface area contributed by atoms with Crippen molar-refractivity contribution in [2.75, 3.05) is 12.9 Å². The summed E-state index contributed by atoms with van der Waals surface area (Å²) in [5.41, 5.74) is 7.52. The highest BCUT2D eigenvalue weighted by molar-refractivity contribution is 9.10. The zero-order chi connectivity index (χ0) is 24.8. The summed E-state index contributed by atoms with van der Waals surface area (Å²) < 4.78 is 8.18. The van der Waals surface area contributed by atoms with Crippen molar-refractivity contribution in [1.82, 2.24) is 20.2 Å². The molecule has 4 aromatic rings. The van der Waals surface area contributed by atoms with E-state index in [1.807, 2.05) is 85.1 Å². The molecule has 0 atom stereocenters. The zero-order valence-electron chi connectivity index (χ0n) is 19.5. The third-order valence-corrected chi connectivity index (χ3v) is 6.57. The number of carbonyl (C=O) groups is 1. The fourth-order valence-electron chi connectivity index (χ4n) is 3.32. The van der Waals surface area contributed by atoms with Crippen LogP contribution < -0.4 is 10.2 Å². The number of benzene rings is 3. The number of aryl methyl sites for hydroxylation is 2. The Bertz CT molecular complexity index is 1350. The molecule has 0 aliphatic heterocycles. The molecular formula is C26H24BrN5O2S. The van der Waals surface area contributed by atoms with Crippen LogP contribution in [0.3, 0.4) is 0 Å². The van der Waals surface area contributed by atoms with Crippen molar-refractivity contribution >= 4 is 39.8 Å². The van der Waals surface area contributed by atoms with Gasteiger partial charge >= 0.3 is 0 Å².